The van der Waals surface area contributed by atoms with Gasteiger partial charge in [-0.3, -0.25) is 10.1 Å². The second kappa shape index (κ2) is 8.15. The Hall–Kier alpha value is -3.65. The molecule has 0 unspecified atom stereocenters. The zero-order valence-corrected chi connectivity index (χ0v) is 16.6. The van der Waals surface area contributed by atoms with E-state index in [4.69, 9.17) is 9.47 Å². The number of amides is 1. The maximum atomic E-state index is 12.6. The number of thiazole rings is 1. The molecule has 8 heteroatoms. The third-order valence-electron chi connectivity index (χ3n) is 4.34. The fourth-order valence-corrected chi connectivity index (χ4v) is 3.54. The zero-order valence-electron chi connectivity index (χ0n) is 15.8. The number of anilines is 1. The van der Waals surface area contributed by atoms with Crippen LogP contribution in [0.2, 0.25) is 0 Å². The zero-order chi connectivity index (χ0) is 20.2. The van der Waals surface area contributed by atoms with Gasteiger partial charge >= 0.3 is 0 Å². The molecule has 146 valence electrons. The van der Waals surface area contributed by atoms with Gasteiger partial charge in [0, 0.05) is 40.7 Å². The van der Waals surface area contributed by atoms with Crippen LogP contribution in [0.1, 0.15) is 10.4 Å². The normalized spacial score (nSPS) is 10.6. The molecule has 7 nitrogen and oxygen atoms in total. The Balaban J connectivity index is 1.50. The summed E-state index contributed by atoms with van der Waals surface area (Å²) in [5.74, 6) is 1.14. The van der Waals surface area contributed by atoms with Crippen LogP contribution in [-0.4, -0.2) is 34.7 Å². The Morgan fingerprint density at radius 2 is 1.93 bits per heavy atom. The van der Waals surface area contributed by atoms with Gasteiger partial charge in [0.25, 0.3) is 5.91 Å². The molecular weight excluding hydrogens is 388 g/mol. The van der Waals surface area contributed by atoms with E-state index in [-0.39, 0.29) is 5.91 Å². The molecule has 0 bridgehead atoms. The Morgan fingerprint density at radius 1 is 1.10 bits per heavy atom. The molecule has 0 radical (unpaired) electrons. The van der Waals surface area contributed by atoms with Crippen molar-refractivity contribution in [1.82, 2.24) is 14.5 Å². The summed E-state index contributed by atoms with van der Waals surface area (Å²) in [4.78, 5) is 21.1. The van der Waals surface area contributed by atoms with Gasteiger partial charge in [-0.2, -0.15) is 0 Å². The van der Waals surface area contributed by atoms with Crippen LogP contribution < -0.4 is 14.8 Å². The number of nitrogens with one attached hydrogen (secondary N) is 1. The van der Waals surface area contributed by atoms with Crippen molar-refractivity contribution in [2.45, 2.75) is 0 Å². The molecule has 0 saturated carbocycles. The van der Waals surface area contributed by atoms with Gasteiger partial charge < -0.3 is 14.0 Å². The lowest BCUT2D eigenvalue weighted by molar-refractivity contribution is 0.102. The molecule has 0 fully saturated rings. The highest BCUT2D eigenvalue weighted by Crippen LogP contribution is 2.34. The summed E-state index contributed by atoms with van der Waals surface area (Å²) in [6.45, 7) is 0. The van der Waals surface area contributed by atoms with Gasteiger partial charge in [-0.05, 0) is 36.4 Å². The maximum Gasteiger partial charge on any atom is 0.257 e. The molecule has 2 aromatic carbocycles. The van der Waals surface area contributed by atoms with Gasteiger partial charge in [-0.1, -0.05) is 0 Å². The van der Waals surface area contributed by atoms with Crippen LogP contribution in [-0.2, 0) is 0 Å². The molecule has 2 aromatic heterocycles. The predicted octanol–water partition coefficient (Wildman–Crippen LogP) is 4.27. The van der Waals surface area contributed by atoms with Crippen LogP contribution in [0.4, 0.5) is 5.13 Å². The Kier molecular flexibility index (Phi) is 5.26. The molecular formula is C21H18N4O3S. The van der Waals surface area contributed by atoms with Crippen LogP contribution in [0.15, 0.2) is 66.6 Å². The molecule has 1 amide bonds. The van der Waals surface area contributed by atoms with Crippen LogP contribution in [0.25, 0.3) is 16.9 Å². The molecule has 0 saturated heterocycles. The topological polar surface area (TPSA) is 78.3 Å². The Labute approximate surface area is 171 Å². The van der Waals surface area contributed by atoms with Gasteiger partial charge in [0.1, 0.15) is 11.5 Å². The number of carbonyl (C=O) groups is 1. The van der Waals surface area contributed by atoms with Crippen LogP contribution in [0, 0.1) is 0 Å². The maximum absolute atomic E-state index is 12.6. The fourth-order valence-electron chi connectivity index (χ4n) is 2.83. The molecule has 0 atom stereocenters. The summed E-state index contributed by atoms with van der Waals surface area (Å²) in [5, 5.41) is 5.24. The summed E-state index contributed by atoms with van der Waals surface area (Å²) in [6.07, 6.45) is 5.26. The molecule has 0 aliphatic heterocycles. The number of imidazole rings is 1. The largest absolute Gasteiger partial charge is 0.497 e. The van der Waals surface area contributed by atoms with E-state index in [1.54, 1.807) is 44.9 Å². The lowest BCUT2D eigenvalue weighted by Gasteiger charge is -2.08. The van der Waals surface area contributed by atoms with Gasteiger partial charge in [-0.25, -0.2) is 9.97 Å². The smallest absolute Gasteiger partial charge is 0.257 e. The number of benzene rings is 2. The van der Waals surface area contributed by atoms with E-state index in [9.17, 15) is 4.79 Å². The second-order valence-electron chi connectivity index (χ2n) is 6.08. The van der Waals surface area contributed by atoms with E-state index < -0.39 is 0 Å². The third kappa shape index (κ3) is 3.97. The number of aromatic nitrogens is 3. The first kappa shape index (κ1) is 18.7. The lowest BCUT2D eigenvalue weighted by atomic mass is 10.1. The summed E-state index contributed by atoms with van der Waals surface area (Å²) in [6, 6.07) is 12.8. The average Bonchev–Trinajstić information content (AvgIpc) is 3.46. The van der Waals surface area contributed by atoms with Gasteiger partial charge in [0.05, 0.1) is 26.2 Å². The monoisotopic (exact) mass is 406 g/mol. The number of hydrogen-bond acceptors (Lipinski definition) is 6. The van der Waals surface area contributed by atoms with Crippen LogP contribution in [0.3, 0.4) is 0 Å². The van der Waals surface area contributed by atoms with E-state index in [1.165, 1.54) is 11.3 Å². The first-order chi connectivity index (χ1) is 14.2. The average molecular weight is 406 g/mol. The molecule has 1 N–H and O–H groups in total. The SMILES string of the molecule is COc1ccc(-c2csc(NC(=O)c3ccc(-n4ccnc4)cc3)n2)c(OC)c1. The van der Waals surface area contributed by atoms with Crippen molar-refractivity contribution >= 4 is 22.4 Å². The van der Waals surface area contributed by atoms with E-state index in [2.05, 4.69) is 15.3 Å². The van der Waals surface area contributed by atoms with Crippen LogP contribution in [0.5, 0.6) is 11.5 Å². The molecule has 0 spiro atoms. The Morgan fingerprint density at radius 3 is 2.62 bits per heavy atom. The number of nitrogens with zero attached hydrogens (tertiary/aromatic N) is 3. The Bertz CT molecular complexity index is 1120. The number of rotatable bonds is 6. The molecule has 29 heavy (non-hydrogen) atoms. The quantitative estimate of drug-likeness (QED) is 0.517. The van der Waals surface area contributed by atoms with Crippen molar-refractivity contribution in [2.75, 3.05) is 19.5 Å². The fraction of sp³-hybridized carbons (Fsp3) is 0.0952. The second-order valence-corrected chi connectivity index (χ2v) is 6.93. The third-order valence-corrected chi connectivity index (χ3v) is 5.10. The number of hydrogen-bond donors (Lipinski definition) is 1. The lowest BCUT2D eigenvalue weighted by Crippen LogP contribution is -2.11. The van der Waals surface area contributed by atoms with Crippen molar-refractivity contribution in [3.63, 3.8) is 0 Å². The molecule has 2 heterocycles. The van der Waals surface area contributed by atoms with Crippen molar-refractivity contribution in [2.24, 2.45) is 0 Å². The molecule has 4 aromatic rings. The highest BCUT2D eigenvalue weighted by molar-refractivity contribution is 7.14. The van der Waals surface area contributed by atoms with Crippen molar-refractivity contribution in [3.8, 4) is 28.4 Å². The van der Waals surface area contributed by atoms with E-state index in [1.807, 2.05) is 40.4 Å². The highest BCUT2D eigenvalue weighted by atomic mass is 32.1. The molecule has 0 aliphatic rings. The number of ether oxygens (including phenoxy) is 2. The summed E-state index contributed by atoms with van der Waals surface area (Å²) < 4.78 is 12.5. The standard InChI is InChI=1S/C21H18N4O3S/c1-27-16-7-8-17(19(11-16)28-2)18-12-29-21(23-18)24-20(26)14-3-5-15(6-4-14)25-10-9-22-13-25/h3-13H,1-2H3,(H,23,24,26). The van der Waals surface area contributed by atoms with Crippen molar-refractivity contribution in [1.29, 1.82) is 0 Å². The number of carbonyl (C=O) groups excluding carboxylic acids is 1. The molecule has 0 aliphatic carbocycles. The highest BCUT2D eigenvalue weighted by Gasteiger charge is 2.13. The van der Waals surface area contributed by atoms with Crippen LogP contribution >= 0.6 is 11.3 Å². The first-order valence-corrected chi connectivity index (χ1v) is 9.63. The summed E-state index contributed by atoms with van der Waals surface area (Å²) >= 11 is 1.36. The van der Waals surface area contributed by atoms with Gasteiger partial charge in [0.15, 0.2) is 5.13 Å². The first-order valence-electron chi connectivity index (χ1n) is 8.75. The van der Waals surface area contributed by atoms with E-state index >= 15 is 0 Å². The summed E-state index contributed by atoms with van der Waals surface area (Å²) in [7, 11) is 3.20. The van der Waals surface area contributed by atoms with Gasteiger partial charge in [-0.15, -0.1) is 11.3 Å². The predicted molar refractivity (Wildman–Crippen MR) is 112 cm³/mol. The van der Waals surface area contributed by atoms with Crippen molar-refractivity contribution in [3.05, 3.63) is 72.1 Å². The minimum atomic E-state index is -0.218. The molecule has 4 rings (SSSR count). The van der Waals surface area contributed by atoms with Gasteiger partial charge in [0.2, 0.25) is 0 Å². The number of methoxy groups -OCH3 is 2. The minimum absolute atomic E-state index is 0.218. The van der Waals surface area contributed by atoms with E-state index in [0.29, 0.717) is 22.2 Å². The minimum Gasteiger partial charge on any atom is -0.497 e. The van der Waals surface area contributed by atoms with E-state index in [0.717, 1.165) is 16.9 Å². The van der Waals surface area contributed by atoms with Crippen molar-refractivity contribution < 1.29 is 14.3 Å². The summed E-state index contributed by atoms with van der Waals surface area (Å²) in [5.41, 5.74) is 3.03.